The molecule has 27 heavy (non-hydrogen) atoms. The second-order valence-corrected chi connectivity index (χ2v) is 8.34. The molecule has 0 aliphatic carbocycles. The lowest BCUT2D eigenvalue weighted by Crippen LogP contribution is -2.56. The first kappa shape index (κ1) is 18.7. The van der Waals surface area contributed by atoms with Gasteiger partial charge in [-0.2, -0.15) is 0 Å². The largest absolute Gasteiger partial charge is 0.372 e. The molecule has 0 bridgehead atoms. The Morgan fingerprint density at radius 2 is 2.04 bits per heavy atom. The van der Waals surface area contributed by atoms with Crippen LogP contribution in [0.15, 0.2) is 11.8 Å². The summed E-state index contributed by atoms with van der Waals surface area (Å²) in [6, 6.07) is 0. The maximum atomic E-state index is 14.6. The fourth-order valence-electron chi connectivity index (χ4n) is 4.03. The van der Waals surface area contributed by atoms with Crippen molar-refractivity contribution in [3.8, 4) is 0 Å². The average Bonchev–Trinajstić information content (AvgIpc) is 3.08. The number of halogens is 1. The van der Waals surface area contributed by atoms with Crippen LogP contribution in [0.25, 0.3) is 0 Å². The van der Waals surface area contributed by atoms with E-state index in [9.17, 15) is 4.39 Å². The number of thiazole rings is 1. The Kier molecular flexibility index (Phi) is 5.39. The molecule has 0 atom stereocenters. The number of ether oxygens (including phenoxy) is 1. The van der Waals surface area contributed by atoms with Gasteiger partial charge in [0.1, 0.15) is 6.33 Å². The van der Waals surface area contributed by atoms with Crippen molar-refractivity contribution in [3.05, 3.63) is 33.9 Å². The van der Waals surface area contributed by atoms with Crippen molar-refractivity contribution in [1.29, 1.82) is 0 Å². The van der Waals surface area contributed by atoms with Crippen LogP contribution < -0.4 is 4.90 Å². The molecule has 1 spiro atoms. The number of rotatable bonds is 4. The maximum Gasteiger partial charge on any atom is 0.187 e. The highest BCUT2D eigenvalue weighted by atomic mass is 32.1. The van der Waals surface area contributed by atoms with E-state index in [1.807, 2.05) is 17.3 Å². The predicted molar refractivity (Wildman–Crippen MR) is 104 cm³/mol. The van der Waals surface area contributed by atoms with E-state index in [1.54, 1.807) is 11.3 Å². The third-order valence-electron chi connectivity index (χ3n) is 5.69. The van der Waals surface area contributed by atoms with Crippen molar-refractivity contribution < 1.29 is 9.13 Å². The molecule has 146 valence electrons. The first-order valence-electron chi connectivity index (χ1n) is 9.60. The third-order valence-corrected chi connectivity index (χ3v) is 6.61. The van der Waals surface area contributed by atoms with E-state index in [4.69, 9.17) is 4.74 Å². The lowest BCUT2D eigenvalue weighted by atomic mass is 9.89. The second kappa shape index (κ2) is 7.77. The lowest BCUT2D eigenvalue weighted by Gasteiger charge is -2.47. The van der Waals surface area contributed by atoms with Crippen molar-refractivity contribution >= 4 is 17.2 Å². The molecular formula is C19H26FN5OS. The molecule has 4 rings (SSSR count). The summed E-state index contributed by atoms with van der Waals surface area (Å²) in [7, 11) is 0. The molecule has 2 fully saturated rings. The lowest BCUT2D eigenvalue weighted by molar-refractivity contribution is -0.122. The minimum atomic E-state index is -0.275. The Morgan fingerprint density at radius 1 is 1.22 bits per heavy atom. The summed E-state index contributed by atoms with van der Waals surface area (Å²) in [5.41, 5.74) is 3.39. The van der Waals surface area contributed by atoms with Crippen LogP contribution in [0, 0.1) is 12.7 Å². The van der Waals surface area contributed by atoms with Crippen LogP contribution in [0.2, 0.25) is 0 Å². The van der Waals surface area contributed by atoms with Crippen molar-refractivity contribution in [2.24, 2.45) is 0 Å². The molecule has 2 aromatic rings. The molecule has 0 unspecified atom stereocenters. The summed E-state index contributed by atoms with van der Waals surface area (Å²) >= 11 is 1.72. The third kappa shape index (κ3) is 3.83. The summed E-state index contributed by atoms with van der Waals surface area (Å²) in [5, 5.41) is 0. The maximum absolute atomic E-state index is 14.6. The van der Waals surface area contributed by atoms with Gasteiger partial charge in [-0.25, -0.2) is 19.3 Å². The van der Waals surface area contributed by atoms with E-state index in [2.05, 4.69) is 26.8 Å². The summed E-state index contributed by atoms with van der Waals surface area (Å²) in [6.45, 7) is 9.05. The van der Waals surface area contributed by atoms with Gasteiger partial charge in [0.05, 0.1) is 29.1 Å². The molecule has 8 heteroatoms. The van der Waals surface area contributed by atoms with Crippen LogP contribution in [-0.2, 0) is 17.7 Å². The zero-order valence-electron chi connectivity index (χ0n) is 15.9. The molecule has 2 aliphatic heterocycles. The quantitative estimate of drug-likeness (QED) is 0.799. The fourth-order valence-corrected chi connectivity index (χ4v) is 4.85. The van der Waals surface area contributed by atoms with Crippen molar-refractivity contribution in [3.63, 3.8) is 0 Å². The highest BCUT2D eigenvalue weighted by molar-refractivity contribution is 7.09. The van der Waals surface area contributed by atoms with Gasteiger partial charge >= 0.3 is 0 Å². The standard InChI is InChI=1S/C19H26FN5OS/c1-3-15-17(20)18(22-12-21-15)25-6-4-19(5-7-25)11-24(8-9-26-19)10-16-14(2)23-13-27-16/h12-13H,3-11H2,1-2H3. The summed E-state index contributed by atoms with van der Waals surface area (Å²) < 4.78 is 20.8. The number of hydrogen-bond acceptors (Lipinski definition) is 7. The highest BCUT2D eigenvalue weighted by Gasteiger charge is 2.40. The summed E-state index contributed by atoms with van der Waals surface area (Å²) in [6.07, 6.45) is 3.82. The number of piperidine rings is 1. The number of aromatic nitrogens is 3. The van der Waals surface area contributed by atoms with Gasteiger partial charge < -0.3 is 9.64 Å². The normalized spacial score (nSPS) is 20.3. The second-order valence-electron chi connectivity index (χ2n) is 7.40. The van der Waals surface area contributed by atoms with Gasteiger partial charge in [0.15, 0.2) is 11.6 Å². The molecule has 2 saturated heterocycles. The van der Waals surface area contributed by atoms with Gasteiger partial charge in [-0.3, -0.25) is 4.90 Å². The average molecular weight is 392 g/mol. The topological polar surface area (TPSA) is 54.4 Å². The fraction of sp³-hybridized carbons (Fsp3) is 0.632. The van der Waals surface area contributed by atoms with Gasteiger partial charge in [0.25, 0.3) is 0 Å². The smallest absolute Gasteiger partial charge is 0.187 e. The van der Waals surface area contributed by atoms with Crippen molar-refractivity contribution in [1.82, 2.24) is 19.9 Å². The Morgan fingerprint density at radius 3 is 2.74 bits per heavy atom. The molecule has 4 heterocycles. The first-order chi connectivity index (χ1) is 13.1. The summed E-state index contributed by atoms with van der Waals surface area (Å²) in [5.74, 6) is 0.160. The number of nitrogens with zero attached hydrogens (tertiary/aromatic N) is 5. The summed E-state index contributed by atoms with van der Waals surface area (Å²) in [4.78, 5) is 18.4. The molecule has 0 aromatic carbocycles. The number of morpholine rings is 1. The van der Waals surface area contributed by atoms with Crippen molar-refractivity contribution in [2.45, 2.75) is 45.3 Å². The van der Waals surface area contributed by atoms with Crippen LogP contribution >= 0.6 is 11.3 Å². The van der Waals surface area contributed by atoms with E-state index >= 15 is 0 Å². The monoisotopic (exact) mass is 391 g/mol. The number of hydrogen-bond donors (Lipinski definition) is 0. The molecule has 0 radical (unpaired) electrons. The Bertz CT molecular complexity index is 790. The number of aryl methyl sites for hydroxylation is 2. The van der Waals surface area contributed by atoms with Gasteiger partial charge in [-0.05, 0) is 26.2 Å². The van der Waals surface area contributed by atoms with Crippen LogP contribution in [-0.4, -0.2) is 58.2 Å². The minimum Gasteiger partial charge on any atom is -0.372 e. The Balaban J connectivity index is 1.41. The van der Waals surface area contributed by atoms with Gasteiger partial charge in [-0.1, -0.05) is 6.92 Å². The Hall–Kier alpha value is -1.64. The highest BCUT2D eigenvalue weighted by Crippen LogP contribution is 2.33. The van der Waals surface area contributed by atoms with Crippen LogP contribution in [0.5, 0.6) is 0 Å². The first-order valence-corrected chi connectivity index (χ1v) is 10.5. The molecular weight excluding hydrogens is 365 g/mol. The molecule has 2 aromatic heterocycles. The molecule has 6 nitrogen and oxygen atoms in total. The zero-order valence-corrected chi connectivity index (χ0v) is 16.8. The molecule has 2 aliphatic rings. The van der Waals surface area contributed by atoms with E-state index in [0.29, 0.717) is 17.9 Å². The molecule has 0 N–H and O–H groups in total. The van der Waals surface area contributed by atoms with E-state index in [1.165, 1.54) is 11.2 Å². The van der Waals surface area contributed by atoms with Gasteiger partial charge in [-0.15, -0.1) is 11.3 Å². The molecule has 0 saturated carbocycles. The van der Waals surface area contributed by atoms with Gasteiger partial charge in [0, 0.05) is 37.6 Å². The predicted octanol–water partition coefficient (Wildman–Crippen LogP) is 2.81. The van der Waals surface area contributed by atoms with E-state index < -0.39 is 0 Å². The Labute approximate surface area is 163 Å². The number of anilines is 1. The van der Waals surface area contributed by atoms with Crippen LogP contribution in [0.3, 0.4) is 0 Å². The SMILES string of the molecule is CCc1ncnc(N2CCC3(CC2)CN(Cc2scnc2C)CCO3)c1F. The zero-order chi connectivity index (χ0) is 18.9. The van der Waals surface area contributed by atoms with E-state index in [-0.39, 0.29) is 11.4 Å². The van der Waals surface area contributed by atoms with Crippen LogP contribution in [0.4, 0.5) is 10.2 Å². The van der Waals surface area contributed by atoms with Crippen LogP contribution in [0.1, 0.15) is 36.0 Å². The van der Waals surface area contributed by atoms with Crippen molar-refractivity contribution in [2.75, 3.05) is 37.7 Å². The van der Waals surface area contributed by atoms with E-state index in [0.717, 1.165) is 57.9 Å². The minimum absolute atomic E-state index is 0.134. The van der Waals surface area contributed by atoms with Gasteiger partial charge in [0.2, 0.25) is 0 Å². The molecule has 0 amide bonds.